The number of aliphatic hydroxyl groups is 1. The number of benzene rings is 2. The monoisotopic (exact) mass is 508 g/mol. The van der Waals surface area contributed by atoms with Crippen LogP contribution >= 0.6 is 0 Å². The molecule has 2 heterocycles. The zero-order valence-corrected chi connectivity index (χ0v) is 22.0. The van der Waals surface area contributed by atoms with Crippen molar-refractivity contribution in [2.45, 2.75) is 45.9 Å². The minimum Gasteiger partial charge on any atom is -0.507 e. The zero-order chi connectivity index (χ0) is 26.5. The Labute approximate surface area is 218 Å². The second-order valence-corrected chi connectivity index (χ2v) is 9.87. The molecule has 8 nitrogen and oxygen atoms in total. The molecule has 0 aromatic heterocycles. The van der Waals surface area contributed by atoms with Crippen molar-refractivity contribution >= 4 is 17.4 Å². The van der Waals surface area contributed by atoms with E-state index in [2.05, 4.69) is 4.90 Å². The average Bonchev–Trinajstić information content (AvgIpc) is 3.13. The first kappa shape index (κ1) is 26.7. The third-order valence-electron chi connectivity index (χ3n) is 6.37. The van der Waals surface area contributed by atoms with Gasteiger partial charge in [0.15, 0.2) is 0 Å². The molecule has 0 unspecified atom stereocenters. The molecule has 1 N–H and O–H groups in total. The van der Waals surface area contributed by atoms with Crippen molar-refractivity contribution in [3.63, 3.8) is 0 Å². The van der Waals surface area contributed by atoms with Gasteiger partial charge in [0.1, 0.15) is 17.3 Å². The first-order valence-corrected chi connectivity index (χ1v) is 12.9. The summed E-state index contributed by atoms with van der Waals surface area (Å²) < 4.78 is 16.9. The van der Waals surface area contributed by atoms with E-state index < -0.39 is 17.7 Å². The van der Waals surface area contributed by atoms with Crippen LogP contribution in [0.4, 0.5) is 0 Å². The number of ether oxygens (including phenoxy) is 3. The van der Waals surface area contributed by atoms with Gasteiger partial charge in [-0.05, 0) is 69.7 Å². The quantitative estimate of drug-likeness (QED) is 0.311. The maximum absolute atomic E-state index is 13.3. The predicted molar refractivity (Wildman–Crippen MR) is 141 cm³/mol. The van der Waals surface area contributed by atoms with Crippen LogP contribution in [0.3, 0.4) is 0 Å². The normalized spacial score (nSPS) is 20.2. The van der Waals surface area contributed by atoms with Crippen LogP contribution in [-0.2, 0) is 14.3 Å². The summed E-state index contributed by atoms with van der Waals surface area (Å²) in [5.74, 6) is -0.132. The molecule has 0 aliphatic carbocycles. The van der Waals surface area contributed by atoms with Gasteiger partial charge in [0, 0.05) is 31.7 Å². The number of likely N-dealkylation sites (tertiary alicyclic amines) is 1. The van der Waals surface area contributed by atoms with E-state index in [1.165, 1.54) is 0 Å². The van der Waals surface area contributed by atoms with Gasteiger partial charge in [-0.15, -0.1) is 0 Å². The van der Waals surface area contributed by atoms with Gasteiger partial charge in [0.25, 0.3) is 11.7 Å². The first-order chi connectivity index (χ1) is 17.7. The van der Waals surface area contributed by atoms with E-state index in [-0.39, 0.29) is 23.5 Å². The number of rotatable bonds is 9. The third kappa shape index (κ3) is 6.32. The van der Waals surface area contributed by atoms with Crippen molar-refractivity contribution in [2.75, 3.05) is 39.4 Å². The van der Waals surface area contributed by atoms with Gasteiger partial charge in [0.05, 0.1) is 37.0 Å². The minimum absolute atomic E-state index is 0.0129. The van der Waals surface area contributed by atoms with Gasteiger partial charge in [-0.25, -0.2) is 0 Å². The van der Waals surface area contributed by atoms with Crippen molar-refractivity contribution in [3.8, 4) is 11.5 Å². The van der Waals surface area contributed by atoms with Gasteiger partial charge in [-0.1, -0.05) is 12.1 Å². The number of hydrogen-bond acceptors (Lipinski definition) is 7. The van der Waals surface area contributed by atoms with Gasteiger partial charge >= 0.3 is 0 Å². The second kappa shape index (κ2) is 11.8. The predicted octanol–water partition coefficient (Wildman–Crippen LogP) is 4.01. The molecule has 2 aromatic rings. The maximum Gasteiger partial charge on any atom is 0.295 e. The number of nitrogens with zero attached hydrogens (tertiary/aromatic N) is 2. The van der Waals surface area contributed by atoms with Gasteiger partial charge in [-0.3, -0.25) is 14.5 Å². The van der Waals surface area contributed by atoms with Crippen LogP contribution in [0.15, 0.2) is 54.1 Å². The number of hydrogen-bond donors (Lipinski definition) is 1. The molecular formula is C29H36N2O6. The standard InChI is InChI=1S/C29H36N2O6/c1-19(2)36-23-9-5-21(6-10-23)26-25(27(32)22-7-11-24(12-8-22)37-20(3)4)28(33)29(34)31(26)14-13-30-15-17-35-18-16-30/h5-12,19-20,26,32H,13-18H2,1-4H3/b27-25+/t26-/m1/s1. The molecule has 2 aliphatic heterocycles. The zero-order valence-electron chi connectivity index (χ0n) is 22.0. The van der Waals surface area contributed by atoms with Gasteiger partial charge in [-0.2, -0.15) is 0 Å². The lowest BCUT2D eigenvalue weighted by Gasteiger charge is -2.31. The van der Waals surface area contributed by atoms with E-state index >= 15 is 0 Å². The van der Waals surface area contributed by atoms with Crippen LogP contribution in [0.25, 0.3) is 5.76 Å². The van der Waals surface area contributed by atoms with Crippen molar-refractivity contribution < 1.29 is 28.9 Å². The van der Waals surface area contributed by atoms with E-state index in [4.69, 9.17) is 14.2 Å². The number of ketones is 1. The summed E-state index contributed by atoms with van der Waals surface area (Å²) in [7, 11) is 0. The highest BCUT2D eigenvalue weighted by atomic mass is 16.5. The van der Waals surface area contributed by atoms with Crippen LogP contribution in [-0.4, -0.2) is 78.2 Å². The fourth-order valence-corrected chi connectivity index (χ4v) is 4.65. The molecule has 4 rings (SSSR count). The molecule has 2 aliphatic rings. The molecule has 1 atom stereocenters. The van der Waals surface area contributed by atoms with Crippen molar-refractivity contribution in [1.82, 2.24) is 9.80 Å². The molecule has 0 bridgehead atoms. The Morgan fingerprint density at radius 2 is 1.43 bits per heavy atom. The number of carbonyl (C=O) groups excluding carboxylic acids is 2. The van der Waals surface area contributed by atoms with Crippen LogP contribution in [0.1, 0.15) is 44.9 Å². The highest BCUT2D eigenvalue weighted by Gasteiger charge is 2.46. The van der Waals surface area contributed by atoms with Crippen LogP contribution in [0, 0.1) is 0 Å². The fourth-order valence-electron chi connectivity index (χ4n) is 4.65. The lowest BCUT2D eigenvalue weighted by atomic mass is 9.95. The molecule has 198 valence electrons. The van der Waals surface area contributed by atoms with E-state index in [1.54, 1.807) is 29.2 Å². The fraction of sp³-hybridized carbons (Fsp3) is 0.448. The van der Waals surface area contributed by atoms with Gasteiger partial charge in [0.2, 0.25) is 0 Å². The topological polar surface area (TPSA) is 88.5 Å². The number of aliphatic hydroxyl groups excluding tert-OH is 1. The van der Waals surface area contributed by atoms with Gasteiger partial charge < -0.3 is 24.2 Å². The molecular weight excluding hydrogens is 472 g/mol. The molecule has 0 spiro atoms. The highest BCUT2D eigenvalue weighted by Crippen LogP contribution is 2.40. The molecule has 0 saturated carbocycles. The summed E-state index contributed by atoms with van der Waals surface area (Å²) in [4.78, 5) is 30.3. The second-order valence-electron chi connectivity index (χ2n) is 9.87. The van der Waals surface area contributed by atoms with E-state index in [0.717, 1.165) is 18.7 Å². The molecule has 8 heteroatoms. The SMILES string of the molecule is CC(C)Oc1ccc(/C(O)=C2\C(=O)C(=O)N(CCN3CCOCC3)[C@@H]2c2ccc(OC(C)C)cc2)cc1. The lowest BCUT2D eigenvalue weighted by molar-refractivity contribution is -0.140. The molecule has 1 amide bonds. The number of carbonyl (C=O) groups is 2. The lowest BCUT2D eigenvalue weighted by Crippen LogP contribution is -2.42. The molecule has 2 aromatic carbocycles. The van der Waals surface area contributed by atoms with E-state index in [9.17, 15) is 14.7 Å². The summed E-state index contributed by atoms with van der Waals surface area (Å²) in [5, 5.41) is 11.3. The Bertz CT molecular complexity index is 1120. The average molecular weight is 509 g/mol. The Kier molecular flexibility index (Phi) is 8.51. The summed E-state index contributed by atoms with van der Waals surface area (Å²) in [6.45, 7) is 11.6. The van der Waals surface area contributed by atoms with E-state index in [1.807, 2.05) is 52.0 Å². The maximum atomic E-state index is 13.3. The molecule has 0 radical (unpaired) electrons. The van der Waals surface area contributed by atoms with E-state index in [0.29, 0.717) is 43.4 Å². The third-order valence-corrected chi connectivity index (χ3v) is 6.37. The smallest absolute Gasteiger partial charge is 0.295 e. The van der Waals surface area contributed by atoms with Crippen molar-refractivity contribution in [3.05, 3.63) is 65.2 Å². The molecule has 37 heavy (non-hydrogen) atoms. The van der Waals surface area contributed by atoms with Crippen LogP contribution in [0.5, 0.6) is 11.5 Å². The number of morpholine rings is 1. The Morgan fingerprint density at radius 1 is 0.892 bits per heavy atom. The summed E-state index contributed by atoms with van der Waals surface area (Å²) in [6, 6.07) is 13.5. The largest absolute Gasteiger partial charge is 0.507 e. The minimum atomic E-state index is -0.708. The Balaban J connectivity index is 1.69. The number of Topliss-reactive ketones (excluding diaryl/α,β-unsaturated/α-hetero) is 1. The first-order valence-electron chi connectivity index (χ1n) is 12.9. The Hall–Kier alpha value is -3.36. The van der Waals surface area contributed by atoms with Crippen molar-refractivity contribution in [1.29, 1.82) is 0 Å². The van der Waals surface area contributed by atoms with Crippen LogP contribution < -0.4 is 9.47 Å². The van der Waals surface area contributed by atoms with Crippen LogP contribution in [0.2, 0.25) is 0 Å². The summed E-state index contributed by atoms with van der Waals surface area (Å²) in [5.41, 5.74) is 1.27. The molecule has 2 fully saturated rings. The summed E-state index contributed by atoms with van der Waals surface area (Å²) in [6.07, 6.45) is 0.0338. The highest BCUT2D eigenvalue weighted by molar-refractivity contribution is 6.46. The Morgan fingerprint density at radius 3 is 1.97 bits per heavy atom. The summed E-state index contributed by atoms with van der Waals surface area (Å²) >= 11 is 0. The number of amides is 1. The molecule has 2 saturated heterocycles. The van der Waals surface area contributed by atoms with Crippen molar-refractivity contribution in [2.24, 2.45) is 0 Å².